The van der Waals surface area contributed by atoms with Crippen molar-refractivity contribution in [2.45, 2.75) is 6.11 Å². The van der Waals surface area contributed by atoms with E-state index in [0.717, 1.165) is 0 Å². The number of oxazole rings is 1. The standard InChI is InChI=1S/C17H11F2NO4/c1-2-17(18,19)24-12-6-3-10(4-7-12)15-20-13-9-11(16(21)22)5-8-14(13)23-15/h2-9H,1H2,(H,21,22). The van der Waals surface area contributed by atoms with Gasteiger partial charge in [-0.2, -0.15) is 8.78 Å². The largest absolute Gasteiger partial charge is 0.478 e. The first-order chi connectivity index (χ1) is 11.4. The van der Waals surface area contributed by atoms with E-state index in [0.29, 0.717) is 22.7 Å². The third kappa shape index (κ3) is 3.10. The molecule has 3 aromatic rings. The third-order valence-corrected chi connectivity index (χ3v) is 3.23. The second-order valence-corrected chi connectivity index (χ2v) is 4.90. The molecule has 2 aromatic carbocycles. The number of carboxylic acids is 1. The van der Waals surface area contributed by atoms with Crippen LogP contribution in [0.25, 0.3) is 22.6 Å². The van der Waals surface area contributed by atoms with Gasteiger partial charge in [-0.1, -0.05) is 6.58 Å². The van der Waals surface area contributed by atoms with Gasteiger partial charge in [0.15, 0.2) is 5.58 Å². The highest BCUT2D eigenvalue weighted by atomic mass is 19.3. The maximum Gasteiger partial charge on any atom is 0.419 e. The summed E-state index contributed by atoms with van der Waals surface area (Å²) in [7, 11) is 0. The summed E-state index contributed by atoms with van der Waals surface area (Å²) in [5.41, 5.74) is 1.45. The molecule has 0 bridgehead atoms. The molecule has 0 aliphatic heterocycles. The molecule has 0 spiro atoms. The highest BCUT2D eigenvalue weighted by molar-refractivity contribution is 5.92. The molecule has 0 saturated heterocycles. The van der Waals surface area contributed by atoms with Crippen LogP contribution in [0.2, 0.25) is 0 Å². The second-order valence-electron chi connectivity index (χ2n) is 4.90. The van der Waals surface area contributed by atoms with Crippen LogP contribution in [0.4, 0.5) is 8.78 Å². The van der Waals surface area contributed by atoms with E-state index in [2.05, 4.69) is 16.3 Å². The first kappa shape index (κ1) is 15.7. The number of hydrogen-bond donors (Lipinski definition) is 1. The molecular formula is C17H11F2NO4. The molecule has 122 valence electrons. The van der Waals surface area contributed by atoms with Gasteiger partial charge in [-0.05, 0) is 42.5 Å². The van der Waals surface area contributed by atoms with E-state index < -0.39 is 12.1 Å². The molecule has 0 saturated carbocycles. The molecule has 1 N–H and O–H groups in total. The lowest BCUT2D eigenvalue weighted by Crippen LogP contribution is -2.20. The highest BCUT2D eigenvalue weighted by Crippen LogP contribution is 2.28. The molecule has 3 rings (SSSR count). The van der Waals surface area contributed by atoms with Crippen LogP contribution in [0, 0.1) is 0 Å². The van der Waals surface area contributed by atoms with E-state index in [9.17, 15) is 13.6 Å². The van der Waals surface area contributed by atoms with E-state index in [1.54, 1.807) is 0 Å². The van der Waals surface area contributed by atoms with Crippen molar-refractivity contribution in [2.24, 2.45) is 0 Å². The fourth-order valence-corrected chi connectivity index (χ4v) is 2.05. The average Bonchev–Trinajstić information content (AvgIpc) is 2.98. The zero-order valence-electron chi connectivity index (χ0n) is 12.2. The fourth-order valence-electron chi connectivity index (χ4n) is 2.05. The maximum absolute atomic E-state index is 13.1. The van der Waals surface area contributed by atoms with Gasteiger partial charge in [0, 0.05) is 11.6 Å². The molecule has 0 aliphatic rings. The fraction of sp³-hybridized carbons (Fsp3) is 0.0588. The van der Waals surface area contributed by atoms with Crippen molar-refractivity contribution in [3.8, 4) is 17.2 Å². The Bertz CT molecular complexity index is 916. The molecule has 1 aromatic heterocycles. The smallest absolute Gasteiger partial charge is 0.419 e. The molecule has 0 atom stereocenters. The van der Waals surface area contributed by atoms with Gasteiger partial charge in [-0.15, -0.1) is 0 Å². The Kier molecular flexibility index (Phi) is 3.76. The Labute approximate surface area is 134 Å². The van der Waals surface area contributed by atoms with Gasteiger partial charge in [0.2, 0.25) is 5.89 Å². The number of benzene rings is 2. The lowest BCUT2D eigenvalue weighted by molar-refractivity contribution is -0.131. The van der Waals surface area contributed by atoms with Crippen molar-refractivity contribution < 1.29 is 27.8 Å². The number of fused-ring (bicyclic) bond motifs is 1. The molecule has 0 amide bonds. The van der Waals surface area contributed by atoms with Gasteiger partial charge in [-0.25, -0.2) is 9.78 Å². The minimum atomic E-state index is -3.45. The van der Waals surface area contributed by atoms with Crippen molar-refractivity contribution in [1.82, 2.24) is 4.98 Å². The first-order valence-corrected chi connectivity index (χ1v) is 6.83. The van der Waals surface area contributed by atoms with Gasteiger partial charge < -0.3 is 14.3 Å². The van der Waals surface area contributed by atoms with Crippen molar-refractivity contribution in [2.75, 3.05) is 0 Å². The molecular weight excluding hydrogens is 320 g/mol. The van der Waals surface area contributed by atoms with Crippen LogP contribution >= 0.6 is 0 Å². The van der Waals surface area contributed by atoms with Gasteiger partial charge in [0.05, 0.1) is 5.56 Å². The molecule has 7 heteroatoms. The number of halogens is 2. The summed E-state index contributed by atoms with van der Waals surface area (Å²) in [5, 5.41) is 8.97. The normalized spacial score (nSPS) is 11.4. The van der Waals surface area contributed by atoms with Gasteiger partial charge in [0.1, 0.15) is 11.3 Å². The number of ether oxygens (including phenoxy) is 1. The zero-order chi connectivity index (χ0) is 17.3. The topological polar surface area (TPSA) is 72.6 Å². The number of carboxylic acid groups (broad SMARTS) is 1. The number of alkyl halides is 2. The van der Waals surface area contributed by atoms with Gasteiger partial charge >= 0.3 is 12.1 Å². The third-order valence-electron chi connectivity index (χ3n) is 3.23. The minimum Gasteiger partial charge on any atom is -0.478 e. The molecule has 0 radical (unpaired) electrons. The maximum atomic E-state index is 13.1. The number of hydrogen-bond acceptors (Lipinski definition) is 4. The molecule has 0 unspecified atom stereocenters. The van der Waals surface area contributed by atoms with Crippen molar-refractivity contribution in [3.63, 3.8) is 0 Å². The van der Waals surface area contributed by atoms with E-state index >= 15 is 0 Å². The van der Waals surface area contributed by atoms with E-state index in [1.165, 1.54) is 42.5 Å². The summed E-state index contributed by atoms with van der Waals surface area (Å²) in [6.07, 6.45) is -3.05. The number of nitrogens with zero attached hydrogens (tertiary/aromatic N) is 1. The van der Waals surface area contributed by atoms with Gasteiger partial charge in [0.25, 0.3) is 0 Å². The Balaban J connectivity index is 1.90. The summed E-state index contributed by atoms with van der Waals surface area (Å²) >= 11 is 0. The minimum absolute atomic E-state index is 0.0343. The van der Waals surface area contributed by atoms with Crippen molar-refractivity contribution in [1.29, 1.82) is 0 Å². The van der Waals surface area contributed by atoms with Crippen LogP contribution in [0.1, 0.15) is 10.4 Å². The predicted molar refractivity (Wildman–Crippen MR) is 82.2 cm³/mol. The van der Waals surface area contributed by atoms with Crippen LogP contribution in [0.5, 0.6) is 5.75 Å². The summed E-state index contributed by atoms with van der Waals surface area (Å²) in [6.45, 7) is 3.00. The van der Waals surface area contributed by atoms with E-state index in [1.807, 2.05) is 0 Å². The van der Waals surface area contributed by atoms with Crippen LogP contribution in [-0.2, 0) is 0 Å². The summed E-state index contributed by atoms with van der Waals surface area (Å²) in [5.74, 6) is -0.853. The lowest BCUT2D eigenvalue weighted by Gasteiger charge is -2.13. The highest BCUT2D eigenvalue weighted by Gasteiger charge is 2.26. The number of carbonyl (C=O) groups is 1. The quantitative estimate of drug-likeness (QED) is 0.704. The summed E-state index contributed by atoms with van der Waals surface area (Å²) in [6, 6.07) is 10.0. The van der Waals surface area contributed by atoms with Crippen molar-refractivity contribution in [3.05, 3.63) is 60.7 Å². The SMILES string of the molecule is C=CC(F)(F)Oc1ccc(-c2nc3cc(C(=O)O)ccc3o2)cc1. The van der Waals surface area contributed by atoms with Crippen molar-refractivity contribution >= 4 is 17.1 Å². The Morgan fingerprint density at radius 3 is 2.58 bits per heavy atom. The molecule has 1 heterocycles. The zero-order valence-corrected chi connectivity index (χ0v) is 12.2. The van der Waals surface area contributed by atoms with Crippen LogP contribution in [0.15, 0.2) is 59.5 Å². The predicted octanol–water partition coefficient (Wildman–Crippen LogP) is 4.35. The number of aromatic nitrogens is 1. The molecule has 5 nitrogen and oxygen atoms in total. The Morgan fingerprint density at radius 1 is 1.25 bits per heavy atom. The molecule has 0 aliphatic carbocycles. The van der Waals surface area contributed by atoms with E-state index in [4.69, 9.17) is 9.52 Å². The Hall–Kier alpha value is -3.22. The first-order valence-electron chi connectivity index (χ1n) is 6.83. The molecule has 24 heavy (non-hydrogen) atoms. The molecule has 0 fully saturated rings. The number of aromatic carboxylic acids is 1. The monoisotopic (exact) mass is 331 g/mol. The van der Waals surface area contributed by atoms with E-state index in [-0.39, 0.29) is 17.2 Å². The van der Waals surface area contributed by atoms with Crippen LogP contribution in [0.3, 0.4) is 0 Å². The second kappa shape index (κ2) is 5.77. The van der Waals surface area contributed by atoms with Gasteiger partial charge in [-0.3, -0.25) is 0 Å². The summed E-state index contributed by atoms with van der Waals surface area (Å²) in [4.78, 5) is 15.2. The number of rotatable bonds is 5. The lowest BCUT2D eigenvalue weighted by atomic mass is 10.2. The average molecular weight is 331 g/mol. The Morgan fingerprint density at radius 2 is 1.96 bits per heavy atom. The van der Waals surface area contributed by atoms with Crippen LogP contribution in [-0.4, -0.2) is 22.2 Å². The van der Waals surface area contributed by atoms with Crippen LogP contribution < -0.4 is 4.74 Å². The summed E-state index contributed by atoms with van der Waals surface area (Å²) < 4.78 is 36.2.